The molecule has 0 aliphatic rings. The van der Waals surface area contributed by atoms with Crippen molar-refractivity contribution in [2.75, 3.05) is 0 Å². The summed E-state index contributed by atoms with van der Waals surface area (Å²) in [7, 11) is 0. The zero-order valence-corrected chi connectivity index (χ0v) is 11.7. The van der Waals surface area contributed by atoms with Crippen molar-refractivity contribution in [3.63, 3.8) is 0 Å². The summed E-state index contributed by atoms with van der Waals surface area (Å²) in [4.78, 5) is 10.1. The molecular formula is C8H8Na2O3. The molecule has 1 aromatic carbocycles. The number of aliphatic hydroxyl groups excluding tert-OH is 1. The normalized spacial score (nSPS) is 10.5. The molecule has 0 amide bonds. The van der Waals surface area contributed by atoms with Crippen molar-refractivity contribution in [3.8, 4) is 0 Å². The van der Waals surface area contributed by atoms with Gasteiger partial charge in [0.05, 0.1) is 5.97 Å². The maximum absolute atomic E-state index is 10.1. The van der Waals surface area contributed by atoms with E-state index < -0.39 is 12.1 Å². The van der Waals surface area contributed by atoms with Crippen LogP contribution in [0.5, 0.6) is 0 Å². The molecule has 0 spiro atoms. The molecule has 0 radical (unpaired) electrons. The Morgan fingerprint density at radius 2 is 1.77 bits per heavy atom. The second-order valence-corrected chi connectivity index (χ2v) is 2.13. The first kappa shape index (κ1) is 16.1. The minimum absolute atomic E-state index is 0. The van der Waals surface area contributed by atoms with Gasteiger partial charge in [0.15, 0.2) is 0 Å². The number of aliphatic hydroxyl groups is 1. The van der Waals surface area contributed by atoms with Crippen LogP contribution in [0.3, 0.4) is 0 Å². The van der Waals surface area contributed by atoms with Gasteiger partial charge in [0, 0.05) is 0 Å². The van der Waals surface area contributed by atoms with Gasteiger partial charge in [0.2, 0.25) is 0 Å². The molecule has 1 aromatic rings. The van der Waals surface area contributed by atoms with Crippen LogP contribution in [0.2, 0.25) is 0 Å². The van der Waals surface area contributed by atoms with Crippen LogP contribution in [0.1, 0.15) is 13.1 Å². The number of carboxylic acids is 1. The summed E-state index contributed by atoms with van der Waals surface area (Å²) in [6.45, 7) is 0. The number of hydrogen-bond acceptors (Lipinski definition) is 3. The molecule has 1 N–H and O–H groups in total. The van der Waals surface area contributed by atoms with Gasteiger partial charge in [-0.2, -0.15) is 0 Å². The quantitative estimate of drug-likeness (QED) is 0.481. The molecule has 0 saturated carbocycles. The molecule has 1 unspecified atom stereocenters. The molecule has 0 aliphatic heterocycles. The number of carbonyl (C=O) groups is 1. The van der Waals surface area contributed by atoms with Gasteiger partial charge in [0.25, 0.3) is 0 Å². The minimum Gasteiger partial charge on any atom is -1.00 e. The van der Waals surface area contributed by atoms with Crippen LogP contribution < -0.4 is 64.2 Å². The Labute approximate surface area is 122 Å². The summed E-state index contributed by atoms with van der Waals surface area (Å²) in [6, 6.07) is 8.11. The van der Waals surface area contributed by atoms with Gasteiger partial charge in [-0.1, -0.05) is 30.3 Å². The van der Waals surface area contributed by atoms with Crippen LogP contribution in [0, 0.1) is 0 Å². The predicted molar refractivity (Wildman–Crippen MR) is 37.5 cm³/mol. The Balaban J connectivity index is -0.000000403. The smallest absolute Gasteiger partial charge is 1.00 e. The molecule has 60 valence electrons. The number of rotatable bonds is 2. The number of carboxylic acid groups (broad SMARTS) is 1. The van der Waals surface area contributed by atoms with E-state index in [1.165, 1.54) is 12.1 Å². The molecule has 5 heteroatoms. The summed E-state index contributed by atoms with van der Waals surface area (Å²) in [5, 5.41) is 19.1. The Kier molecular flexibility index (Phi) is 9.90. The third kappa shape index (κ3) is 5.18. The predicted octanol–water partition coefficient (Wildman–Crippen LogP) is -6.41. The third-order valence-electron chi connectivity index (χ3n) is 1.34. The van der Waals surface area contributed by atoms with E-state index in [2.05, 4.69) is 0 Å². The van der Waals surface area contributed by atoms with Gasteiger partial charge in [-0.25, -0.2) is 0 Å². The monoisotopic (exact) mass is 198 g/mol. The maximum atomic E-state index is 10.1. The largest absolute Gasteiger partial charge is 1.00 e. The summed E-state index contributed by atoms with van der Waals surface area (Å²) in [6.07, 6.45) is -1.52. The molecule has 0 heterocycles. The fraction of sp³-hybridized carbons (Fsp3) is 0.125. The van der Waals surface area contributed by atoms with E-state index in [0.717, 1.165) is 0 Å². The standard InChI is InChI=1S/C8H8O3.2Na.H/c9-7(8(10)11)6-4-2-1-3-5-6;;;/h1-5,7,9H,(H,10,11);;;/q;2*+1;-1/p-1. The number of benzene rings is 1. The molecule has 3 nitrogen and oxygen atoms in total. The van der Waals surface area contributed by atoms with Crippen molar-refractivity contribution in [2.24, 2.45) is 0 Å². The fourth-order valence-electron chi connectivity index (χ4n) is 0.771. The zero-order valence-electron chi connectivity index (χ0n) is 8.73. The van der Waals surface area contributed by atoms with E-state index >= 15 is 0 Å². The summed E-state index contributed by atoms with van der Waals surface area (Å²) < 4.78 is 0. The number of aliphatic carboxylic acids is 1. The molecule has 0 aliphatic carbocycles. The third-order valence-corrected chi connectivity index (χ3v) is 1.34. The summed E-state index contributed by atoms with van der Waals surface area (Å²) in [5.41, 5.74) is 0.340. The van der Waals surface area contributed by atoms with Crippen molar-refractivity contribution >= 4 is 5.97 Å². The first-order valence-electron chi connectivity index (χ1n) is 3.15. The molecule has 0 bridgehead atoms. The number of carbonyl (C=O) groups excluding carboxylic acids is 1. The Hall–Kier alpha value is 0.650. The first-order valence-corrected chi connectivity index (χ1v) is 3.15. The zero-order chi connectivity index (χ0) is 8.27. The average Bonchev–Trinajstić information content (AvgIpc) is 2.05. The molecule has 0 aromatic heterocycles. The van der Waals surface area contributed by atoms with Crippen LogP contribution in [0.15, 0.2) is 30.3 Å². The van der Waals surface area contributed by atoms with Crippen molar-refractivity contribution in [1.82, 2.24) is 0 Å². The van der Waals surface area contributed by atoms with Gasteiger partial charge in [-0.15, -0.1) is 0 Å². The molecule has 0 saturated heterocycles. The minimum atomic E-state index is -1.52. The van der Waals surface area contributed by atoms with Crippen molar-refractivity contribution in [3.05, 3.63) is 35.9 Å². The average molecular weight is 198 g/mol. The van der Waals surface area contributed by atoms with E-state index in [9.17, 15) is 9.90 Å². The summed E-state index contributed by atoms with van der Waals surface area (Å²) in [5.74, 6) is -1.48. The van der Waals surface area contributed by atoms with Crippen molar-refractivity contribution in [2.45, 2.75) is 6.10 Å². The Bertz CT molecular complexity index is 256. The number of hydrogen-bond donors (Lipinski definition) is 1. The van der Waals surface area contributed by atoms with Crippen molar-refractivity contribution in [1.29, 1.82) is 0 Å². The maximum Gasteiger partial charge on any atom is 1.00 e. The second kappa shape index (κ2) is 8.00. The topological polar surface area (TPSA) is 60.4 Å². The van der Waals surface area contributed by atoms with Gasteiger partial charge in [0.1, 0.15) is 6.10 Å². The molecule has 1 rings (SSSR count). The van der Waals surface area contributed by atoms with Crippen LogP contribution in [-0.2, 0) is 4.79 Å². The van der Waals surface area contributed by atoms with E-state index in [-0.39, 0.29) is 60.5 Å². The van der Waals surface area contributed by atoms with Crippen LogP contribution in [-0.4, -0.2) is 11.1 Å². The van der Waals surface area contributed by atoms with Gasteiger partial charge in [-0.3, -0.25) is 0 Å². The molecular weight excluding hydrogens is 190 g/mol. The van der Waals surface area contributed by atoms with E-state index in [1.54, 1.807) is 18.2 Å². The van der Waals surface area contributed by atoms with Crippen molar-refractivity contribution < 1.29 is 75.5 Å². The van der Waals surface area contributed by atoms with Crippen LogP contribution >= 0.6 is 0 Å². The molecule has 1 atom stereocenters. The Morgan fingerprint density at radius 3 is 2.15 bits per heavy atom. The van der Waals surface area contributed by atoms with E-state index in [0.29, 0.717) is 5.56 Å². The van der Waals surface area contributed by atoms with Gasteiger partial charge >= 0.3 is 59.1 Å². The van der Waals surface area contributed by atoms with Gasteiger partial charge in [-0.05, 0) is 5.56 Å². The molecule has 13 heavy (non-hydrogen) atoms. The molecule has 0 fully saturated rings. The summed E-state index contributed by atoms with van der Waals surface area (Å²) >= 11 is 0. The van der Waals surface area contributed by atoms with Crippen LogP contribution in [0.25, 0.3) is 0 Å². The van der Waals surface area contributed by atoms with Crippen LogP contribution in [0.4, 0.5) is 0 Å². The first-order chi connectivity index (χ1) is 5.22. The van der Waals surface area contributed by atoms with Gasteiger partial charge < -0.3 is 16.4 Å². The Morgan fingerprint density at radius 1 is 1.31 bits per heavy atom. The second-order valence-electron chi connectivity index (χ2n) is 2.13. The van der Waals surface area contributed by atoms with E-state index in [1.807, 2.05) is 0 Å². The fourth-order valence-corrected chi connectivity index (χ4v) is 0.771. The van der Waals surface area contributed by atoms with E-state index in [4.69, 9.17) is 5.11 Å². The SMILES string of the molecule is O=C([O-])C(O)c1ccccc1.[H-].[Na+].[Na+].